The van der Waals surface area contributed by atoms with Crippen LogP contribution in [0.5, 0.6) is 0 Å². The predicted octanol–water partition coefficient (Wildman–Crippen LogP) is 3.23. The Labute approximate surface area is 111 Å². The maximum absolute atomic E-state index is 11.3. The first-order chi connectivity index (χ1) is 8.54. The Morgan fingerprint density at radius 2 is 2.28 bits per heavy atom. The minimum atomic E-state index is -0.760. The molecule has 1 aromatic rings. The minimum Gasteiger partial charge on any atom is -0.481 e. The number of aryl methyl sites for hydroxylation is 1. The Hall–Kier alpha value is -0.870. The number of hydrogen-bond donors (Lipinski definition) is 2. The Bertz CT molecular complexity index is 426. The SMILES string of the molecule is CCC1CC(C(=O)O)C(C(O)c2sccc2C)C1. The van der Waals surface area contributed by atoms with Crippen molar-refractivity contribution in [2.45, 2.75) is 39.2 Å². The van der Waals surface area contributed by atoms with Crippen LogP contribution in [-0.4, -0.2) is 16.2 Å². The van der Waals surface area contributed by atoms with Gasteiger partial charge in [0.2, 0.25) is 0 Å². The van der Waals surface area contributed by atoms with Crippen LogP contribution in [-0.2, 0) is 4.79 Å². The average Bonchev–Trinajstić information content (AvgIpc) is 2.93. The molecule has 0 bridgehead atoms. The fraction of sp³-hybridized carbons (Fsp3) is 0.643. The molecule has 2 rings (SSSR count). The molecule has 100 valence electrons. The van der Waals surface area contributed by atoms with Gasteiger partial charge in [-0.25, -0.2) is 0 Å². The molecular weight excluding hydrogens is 248 g/mol. The van der Waals surface area contributed by atoms with Gasteiger partial charge in [0.1, 0.15) is 0 Å². The first-order valence-electron chi connectivity index (χ1n) is 6.49. The lowest BCUT2D eigenvalue weighted by atomic mass is 9.89. The molecule has 4 unspecified atom stereocenters. The summed E-state index contributed by atoms with van der Waals surface area (Å²) in [7, 11) is 0. The van der Waals surface area contributed by atoms with Crippen LogP contribution in [0.4, 0.5) is 0 Å². The lowest BCUT2D eigenvalue weighted by Crippen LogP contribution is -2.23. The zero-order valence-electron chi connectivity index (χ0n) is 10.8. The summed E-state index contributed by atoms with van der Waals surface area (Å²) in [5.74, 6) is -0.855. The lowest BCUT2D eigenvalue weighted by molar-refractivity contribution is -0.144. The van der Waals surface area contributed by atoms with Crippen molar-refractivity contribution >= 4 is 17.3 Å². The summed E-state index contributed by atoms with van der Waals surface area (Å²) in [6.45, 7) is 4.06. The Kier molecular flexibility index (Phi) is 4.07. The summed E-state index contributed by atoms with van der Waals surface area (Å²) < 4.78 is 0. The quantitative estimate of drug-likeness (QED) is 0.881. The van der Waals surface area contributed by atoms with E-state index in [1.54, 1.807) is 0 Å². The molecule has 0 spiro atoms. The maximum Gasteiger partial charge on any atom is 0.306 e. The van der Waals surface area contributed by atoms with Crippen LogP contribution in [0.1, 0.15) is 42.7 Å². The molecule has 1 heterocycles. The van der Waals surface area contributed by atoms with Gasteiger partial charge < -0.3 is 10.2 Å². The molecule has 18 heavy (non-hydrogen) atoms. The Balaban J connectivity index is 2.20. The third-order valence-electron chi connectivity index (χ3n) is 4.18. The first-order valence-corrected chi connectivity index (χ1v) is 7.37. The molecule has 1 aromatic heterocycles. The number of carboxylic acid groups (broad SMARTS) is 1. The van der Waals surface area contributed by atoms with Gasteiger partial charge in [0, 0.05) is 10.8 Å². The van der Waals surface area contributed by atoms with Gasteiger partial charge in [-0.3, -0.25) is 4.79 Å². The van der Waals surface area contributed by atoms with Gasteiger partial charge in [-0.2, -0.15) is 0 Å². The summed E-state index contributed by atoms with van der Waals surface area (Å²) in [5.41, 5.74) is 1.07. The Morgan fingerprint density at radius 1 is 1.56 bits per heavy atom. The van der Waals surface area contributed by atoms with Crippen LogP contribution in [0.2, 0.25) is 0 Å². The topological polar surface area (TPSA) is 57.5 Å². The average molecular weight is 268 g/mol. The van der Waals surface area contributed by atoms with E-state index in [1.165, 1.54) is 11.3 Å². The minimum absolute atomic E-state index is 0.134. The van der Waals surface area contributed by atoms with Crippen molar-refractivity contribution in [1.29, 1.82) is 0 Å². The van der Waals surface area contributed by atoms with Gasteiger partial charge in [-0.1, -0.05) is 13.3 Å². The second kappa shape index (κ2) is 5.41. The third kappa shape index (κ3) is 2.45. The van der Waals surface area contributed by atoms with Crippen LogP contribution >= 0.6 is 11.3 Å². The summed E-state index contributed by atoms with van der Waals surface area (Å²) in [6.07, 6.45) is 1.91. The van der Waals surface area contributed by atoms with Gasteiger partial charge in [0.15, 0.2) is 0 Å². The molecule has 4 heteroatoms. The van der Waals surface area contributed by atoms with E-state index in [9.17, 15) is 15.0 Å². The number of aliphatic hydroxyl groups excluding tert-OH is 1. The zero-order valence-corrected chi connectivity index (χ0v) is 11.6. The van der Waals surface area contributed by atoms with Crippen LogP contribution in [0.15, 0.2) is 11.4 Å². The summed E-state index contributed by atoms with van der Waals surface area (Å²) >= 11 is 1.52. The van der Waals surface area contributed by atoms with E-state index in [-0.39, 0.29) is 5.92 Å². The van der Waals surface area contributed by atoms with Gasteiger partial charge >= 0.3 is 5.97 Å². The van der Waals surface area contributed by atoms with Crippen LogP contribution in [0.3, 0.4) is 0 Å². The van der Waals surface area contributed by atoms with E-state index >= 15 is 0 Å². The molecule has 2 N–H and O–H groups in total. The summed E-state index contributed by atoms with van der Waals surface area (Å²) in [5, 5.41) is 21.7. The number of aliphatic carboxylic acids is 1. The number of thiophene rings is 1. The second-order valence-electron chi connectivity index (χ2n) is 5.27. The van der Waals surface area contributed by atoms with Crippen molar-refractivity contribution in [2.75, 3.05) is 0 Å². The smallest absolute Gasteiger partial charge is 0.306 e. The van der Waals surface area contributed by atoms with Crippen molar-refractivity contribution in [1.82, 2.24) is 0 Å². The standard InChI is InChI=1S/C14H20O3S/c1-3-9-6-10(11(7-9)14(16)17)12(15)13-8(2)4-5-18-13/h4-5,9-12,15H,3,6-7H2,1-2H3,(H,16,17). The van der Waals surface area contributed by atoms with Crippen LogP contribution < -0.4 is 0 Å². The molecule has 1 saturated carbocycles. The van der Waals surface area contributed by atoms with Crippen molar-refractivity contribution < 1.29 is 15.0 Å². The molecule has 0 amide bonds. The van der Waals surface area contributed by atoms with Crippen LogP contribution in [0, 0.1) is 24.7 Å². The maximum atomic E-state index is 11.3. The van der Waals surface area contributed by atoms with Crippen molar-refractivity contribution in [2.24, 2.45) is 17.8 Å². The van der Waals surface area contributed by atoms with Gasteiger partial charge in [-0.05, 0) is 42.7 Å². The number of rotatable bonds is 4. The molecule has 1 fully saturated rings. The molecule has 1 aliphatic rings. The lowest BCUT2D eigenvalue weighted by Gasteiger charge is -2.22. The third-order valence-corrected chi connectivity index (χ3v) is 5.27. The fourth-order valence-electron chi connectivity index (χ4n) is 3.03. The fourth-order valence-corrected chi connectivity index (χ4v) is 4.01. The molecule has 0 aliphatic heterocycles. The van der Waals surface area contributed by atoms with Gasteiger partial charge in [-0.15, -0.1) is 11.3 Å². The highest BCUT2D eigenvalue weighted by Gasteiger charge is 2.42. The molecule has 0 aromatic carbocycles. The molecule has 0 radical (unpaired) electrons. The zero-order chi connectivity index (χ0) is 13.3. The second-order valence-corrected chi connectivity index (χ2v) is 6.21. The highest BCUT2D eigenvalue weighted by molar-refractivity contribution is 7.10. The molecule has 4 atom stereocenters. The van der Waals surface area contributed by atoms with E-state index in [1.807, 2.05) is 18.4 Å². The van der Waals surface area contributed by atoms with Crippen molar-refractivity contribution in [3.63, 3.8) is 0 Å². The monoisotopic (exact) mass is 268 g/mol. The summed E-state index contributed by atoms with van der Waals surface area (Å²) in [4.78, 5) is 12.3. The molecular formula is C14H20O3S. The Morgan fingerprint density at radius 3 is 2.78 bits per heavy atom. The largest absolute Gasteiger partial charge is 0.481 e. The normalized spacial score (nSPS) is 29.4. The molecule has 3 nitrogen and oxygen atoms in total. The molecule has 1 aliphatic carbocycles. The van der Waals surface area contributed by atoms with E-state index in [4.69, 9.17) is 0 Å². The van der Waals surface area contributed by atoms with Gasteiger partial charge in [0.05, 0.1) is 12.0 Å². The molecule has 0 saturated heterocycles. The highest BCUT2D eigenvalue weighted by atomic mass is 32.1. The van der Waals surface area contributed by atoms with E-state index < -0.39 is 18.0 Å². The summed E-state index contributed by atoms with van der Waals surface area (Å²) in [6, 6.07) is 1.98. The number of hydrogen-bond acceptors (Lipinski definition) is 3. The van der Waals surface area contributed by atoms with Crippen molar-refractivity contribution in [3.05, 3.63) is 21.9 Å². The van der Waals surface area contributed by atoms with E-state index in [0.717, 1.165) is 23.3 Å². The number of aliphatic hydroxyl groups is 1. The van der Waals surface area contributed by atoms with Crippen molar-refractivity contribution in [3.8, 4) is 0 Å². The van der Waals surface area contributed by atoms with E-state index in [0.29, 0.717) is 12.3 Å². The van der Waals surface area contributed by atoms with Gasteiger partial charge in [0.25, 0.3) is 0 Å². The number of carbonyl (C=O) groups is 1. The predicted molar refractivity (Wildman–Crippen MR) is 71.6 cm³/mol. The van der Waals surface area contributed by atoms with Crippen LogP contribution in [0.25, 0.3) is 0 Å². The highest BCUT2D eigenvalue weighted by Crippen LogP contribution is 2.46. The van der Waals surface area contributed by atoms with E-state index in [2.05, 4.69) is 6.92 Å². The number of carboxylic acids is 1. The first kappa shape index (κ1) is 13.6.